The van der Waals surface area contributed by atoms with Crippen LogP contribution in [0.25, 0.3) is 0 Å². The Hall–Kier alpha value is -2.79. The van der Waals surface area contributed by atoms with Crippen molar-refractivity contribution in [2.45, 2.75) is 70.8 Å². The highest BCUT2D eigenvalue weighted by Crippen LogP contribution is 2.36. The number of nitrogens with one attached hydrogen (secondary N) is 2. The number of urea groups is 1. The van der Waals surface area contributed by atoms with Gasteiger partial charge in [-0.3, -0.25) is 24.8 Å². The molecule has 0 radical (unpaired) electrons. The Kier molecular flexibility index (Phi) is 7.34. The summed E-state index contributed by atoms with van der Waals surface area (Å²) in [5.41, 5.74) is 1.50. The lowest BCUT2D eigenvalue weighted by Gasteiger charge is -2.34. The van der Waals surface area contributed by atoms with Crippen molar-refractivity contribution < 1.29 is 22.8 Å². The molecule has 0 bridgehead atoms. The first kappa shape index (κ1) is 26.8. The average molecular weight is 544 g/mol. The summed E-state index contributed by atoms with van der Waals surface area (Å²) in [5.74, 6) is 1.43. The molecule has 10 nitrogen and oxygen atoms in total. The number of amidine groups is 1. The third-order valence-corrected chi connectivity index (χ3v) is 10.7. The first-order valence-corrected chi connectivity index (χ1v) is 15.3. The van der Waals surface area contributed by atoms with Gasteiger partial charge < -0.3 is 5.32 Å². The van der Waals surface area contributed by atoms with E-state index in [1.54, 1.807) is 12.1 Å². The molecule has 4 aliphatic rings. The van der Waals surface area contributed by atoms with E-state index < -0.39 is 21.6 Å². The summed E-state index contributed by atoms with van der Waals surface area (Å²) in [4.78, 5) is 42.6. The van der Waals surface area contributed by atoms with Crippen molar-refractivity contribution in [2.75, 3.05) is 30.3 Å². The second-order valence-electron chi connectivity index (χ2n) is 11.1. The molecule has 3 aliphatic heterocycles. The van der Waals surface area contributed by atoms with Crippen molar-refractivity contribution in [1.82, 2.24) is 14.9 Å². The van der Waals surface area contributed by atoms with Crippen molar-refractivity contribution in [3.8, 4) is 0 Å². The SMILES string of the molecule is CCC1CCC(C2=NC3(CCN(S(=O)(=O)CCc4ccc(N5CC(=O)NC5=O)cc4C)CC3)C(=O)N2)CC1. The summed E-state index contributed by atoms with van der Waals surface area (Å²) in [7, 11) is -3.51. The summed E-state index contributed by atoms with van der Waals surface area (Å²) in [6.07, 6.45) is 6.78. The summed E-state index contributed by atoms with van der Waals surface area (Å²) in [6, 6.07) is 4.90. The second kappa shape index (κ2) is 10.4. The molecule has 1 saturated carbocycles. The van der Waals surface area contributed by atoms with E-state index in [9.17, 15) is 22.8 Å². The Morgan fingerprint density at radius 1 is 1.05 bits per heavy atom. The molecular weight excluding hydrogens is 506 g/mol. The van der Waals surface area contributed by atoms with Crippen LogP contribution in [0.2, 0.25) is 0 Å². The highest BCUT2D eigenvalue weighted by atomic mass is 32.2. The number of hydrogen-bond acceptors (Lipinski definition) is 6. The van der Waals surface area contributed by atoms with Crippen molar-refractivity contribution in [3.05, 3.63) is 29.3 Å². The molecule has 38 heavy (non-hydrogen) atoms. The van der Waals surface area contributed by atoms with Crippen LogP contribution >= 0.6 is 0 Å². The second-order valence-corrected chi connectivity index (χ2v) is 13.2. The maximum Gasteiger partial charge on any atom is 0.329 e. The summed E-state index contributed by atoms with van der Waals surface area (Å²) < 4.78 is 27.8. The van der Waals surface area contributed by atoms with Gasteiger partial charge in [0.05, 0.1) is 5.75 Å². The summed E-state index contributed by atoms with van der Waals surface area (Å²) in [5, 5.41) is 5.30. The molecule has 1 aliphatic carbocycles. The van der Waals surface area contributed by atoms with E-state index in [2.05, 4.69) is 17.6 Å². The quantitative estimate of drug-likeness (QED) is 0.511. The topological polar surface area (TPSA) is 128 Å². The molecule has 4 amide bonds. The van der Waals surface area contributed by atoms with Crippen LogP contribution in [0.1, 0.15) is 63.0 Å². The number of hydrogen-bond donors (Lipinski definition) is 2. The fourth-order valence-corrected chi connectivity index (χ4v) is 7.67. The Morgan fingerprint density at radius 3 is 2.37 bits per heavy atom. The van der Waals surface area contributed by atoms with Crippen LogP contribution in [0.15, 0.2) is 23.2 Å². The van der Waals surface area contributed by atoms with Gasteiger partial charge in [-0.1, -0.05) is 19.4 Å². The van der Waals surface area contributed by atoms with Gasteiger partial charge in [0.15, 0.2) is 0 Å². The standard InChI is InChI=1S/C27H37N5O5S/c1-3-19-4-6-21(7-5-19)24-29-25(34)27(30-24)11-13-31(14-12-27)38(36,37)15-10-20-8-9-22(16-18(20)2)32-17-23(33)28-26(32)35/h8-9,16,19,21H,3-7,10-15,17H2,1-2H3,(H,28,33,35)(H,29,30,34). The predicted octanol–water partition coefficient (Wildman–Crippen LogP) is 2.50. The zero-order chi connectivity index (χ0) is 27.1. The molecule has 0 atom stereocenters. The molecule has 206 valence electrons. The fraction of sp³-hybridized carbons (Fsp3) is 0.630. The number of sulfonamides is 1. The first-order valence-electron chi connectivity index (χ1n) is 13.7. The minimum Gasteiger partial charge on any atom is -0.312 e. The van der Waals surface area contributed by atoms with Gasteiger partial charge in [0.25, 0.3) is 5.91 Å². The van der Waals surface area contributed by atoms with E-state index in [4.69, 9.17) is 4.99 Å². The van der Waals surface area contributed by atoms with E-state index in [0.29, 0.717) is 30.9 Å². The van der Waals surface area contributed by atoms with Gasteiger partial charge in [-0.2, -0.15) is 0 Å². The molecule has 3 fully saturated rings. The fourth-order valence-electron chi connectivity index (χ4n) is 6.20. The van der Waals surface area contributed by atoms with E-state index in [-0.39, 0.29) is 37.2 Å². The lowest BCUT2D eigenvalue weighted by molar-refractivity contribution is -0.125. The monoisotopic (exact) mass is 543 g/mol. The van der Waals surface area contributed by atoms with Crippen LogP contribution in [0.4, 0.5) is 10.5 Å². The molecule has 2 N–H and O–H groups in total. The molecule has 2 saturated heterocycles. The highest BCUT2D eigenvalue weighted by molar-refractivity contribution is 7.89. The highest BCUT2D eigenvalue weighted by Gasteiger charge is 2.48. The van der Waals surface area contributed by atoms with Crippen LogP contribution < -0.4 is 15.5 Å². The Labute approximate surface area is 224 Å². The molecule has 1 spiro atoms. The lowest BCUT2D eigenvalue weighted by Crippen LogP contribution is -2.51. The Bertz CT molecular complexity index is 1260. The van der Waals surface area contributed by atoms with Crippen molar-refractivity contribution >= 4 is 39.4 Å². The van der Waals surface area contributed by atoms with E-state index >= 15 is 0 Å². The molecule has 1 aromatic carbocycles. The lowest BCUT2D eigenvalue weighted by atomic mass is 9.80. The largest absolute Gasteiger partial charge is 0.329 e. The van der Waals surface area contributed by atoms with Gasteiger partial charge in [0.1, 0.15) is 17.9 Å². The third kappa shape index (κ3) is 5.22. The van der Waals surface area contributed by atoms with Crippen LogP contribution in [-0.2, 0) is 26.0 Å². The summed E-state index contributed by atoms with van der Waals surface area (Å²) in [6.45, 7) is 4.64. The first-order chi connectivity index (χ1) is 18.1. The smallest absolute Gasteiger partial charge is 0.312 e. The number of aryl methyl sites for hydroxylation is 2. The molecule has 0 unspecified atom stereocenters. The van der Waals surface area contributed by atoms with Crippen molar-refractivity contribution in [1.29, 1.82) is 0 Å². The number of amides is 4. The maximum absolute atomic E-state index is 13.2. The number of aliphatic imine (C=N–C) groups is 1. The Morgan fingerprint density at radius 2 is 1.76 bits per heavy atom. The molecule has 1 aromatic rings. The number of benzene rings is 1. The number of carbonyl (C=O) groups is 3. The van der Waals surface area contributed by atoms with Gasteiger partial charge in [-0.15, -0.1) is 0 Å². The van der Waals surface area contributed by atoms with E-state index in [0.717, 1.165) is 35.7 Å². The zero-order valence-corrected chi connectivity index (χ0v) is 23.0. The molecule has 11 heteroatoms. The molecule has 3 heterocycles. The minimum absolute atomic E-state index is 0.0218. The molecular formula is C27H37N5O5S. The molecule has 5 rings (SSSR count). The van der Waals surface area contributed by atoms with Gasteiger partial charge in [-0.25, -0.2) is 17.5 Å². The van der Waals surface area contributed by atoms with Crippen LogP contribution in [0.5, 0.6) is 0 Å². The number of anilines is 1. The average Bonchev–Trinajstić information content (AvgIpc) is 3.41. The number of nitrogens with zero attached hydrogens (tertiary/aromatic N) is 3. The third-order valence-electron chi connectivity index (χ3n) is 8.81. The predicted molar refractivity (Wildman–Crippen MR) is 144 cm³/mol. The number of carbonyl (C=O) groups excluding carboxylic acids is 3. The van der Waals surface area contributed by atoms with E-state index in [1.165, 1.54) is 28.5 Å². The summed E-state index contributed by atoms with van der Waals surface area (Å²) >= 11 is 0. The van der Waals surface area contributed by atoms with Crippen molar-refractivity contribution in [3.63, 3.8) is 0 Å². The molecule has 0 aromatic heterocycles. The number of imide groups is 1. The minimum atomic E-state index is -3.51. The number of rotatable bonds is 7. The Balaban J connectivity index is 1.17. The van der Waals surface area contributed by atoms with Gasteiger partial charge in [0.2, 0.25) is 15.9 Å². The zero-order valence-electron chi connectivity index (χ0n) is 22.2. The van der Waals surface area contributed by atoms with Gasteiger partial charge in [0, 0.05) is 24.7 Å². The van der Waals surface area contributed by atoms with Gasteiger partial charge in [-0.05, 0) is 81.0 Å². The normalized spacial score (nSPS) is 26.0. The van der Waals surface area contributed by atoms with E-state index in [1.807, 2.05) is 13.0 Å². The van der Waals surface area contributed by atoms with Crippen molar-refractivity contribution in [2.24, 2.45) is 16.8 Å². The van der Waals surface area contributed by atoms with Gasteiger partial charge >= 0.3 is 6.03 Å². The number of piperidine rings is 1. The van der Waals surface area contributed by atoms with Crippen LogP contribution in [0.3, 0.4) is 0 Å². The van der Waals surface area contributed by atoms with Crippen LogP contribution in [-0.4, -0.2) is 67.3 Å². The maximum atomic E-state index is 13.2. The van der Waals surface area contributed by atoms with Crippen LogP contribution in [0, 0.1) is 18.8 Å².